The van der Waals surface area contributed by atoms with Crippen molar-refractivity contribution in [3.05, 3.63) is 39.8 Å². The minimum absolute atomic E-state index is 0.0399. The van der Waals surface area contributed by atoms with Gasteiger partial charge in [-0.3, -0.25) is 4.79 Å². The van der Waals surface area contributed by atoms with Gasteiger partial charge >= 0.3 is 0 Å². The van der Waals surface area contributed by atoms with E-state index in [1.165, 1.54) is 35.8 Å². The quantitative estimate of drug-likeness (QED) is 0.676. The van der Waals surface area contributed by atoms with Gasteiger partial charge in [-0.25, -0.2) is 0 Å². The molecule has 0 bridgehead atoms. The molecular weight excluding hydrogens is 292 g/mol. The number of ether oxygens (including phenoxy) is 1. The number of aromatic hydroxyl groups is 1. The van der Waals surface area contributed by atoms with Crippen LogP contribution < -0.4 is 10.3 Å². The van der Waals surface area contributed by atoms with Crippen molar-refractivity contribution in [3.63, 3.8) is 0 Å². The van der Waals surface area contributed by atoms with Crippen molar-refractivity contribution in [1.82, 2.24) is 14.9 Å². The van der Waals surface area contributed by atoms with Gasteiger partial charge in [-0.05, 0) is 36.9 Å². The molecule has 0 aliphatic rings. The molecular formula is C13H14N4O3S. The van der Waals surface area contributed by atoms with Crippen molar-refractivity contribution in [2.45, 2.75) is 12.1 Å². The Balaban J connectivity index is 2.42. The van der Waals surface area contributed by atoms with Gasteiger partial charge in [0.25, 0.3) is 5.56 Å². The largest absolute Gasteiger partial charge is 0.504 e. The second-order valence-electron chi connectivity index (χ2n) is 4.06. The molecule has 0 fully saturated rings. The fraction of sp³-hybridized carbons (Fsp3) is 0.231. The number of phenols is 1. The molecule has 7 nitrogen and oxygen atoms in total. The van der Waals surface area contributed by atoms with Crippen LogP contribution in [0.5, 0.6) is 11.5 Å². The Morgan fingerprint density at radius 1 is 1.43 bits per heavy atom. The maximum atomic E-state index is 12.0. The lowest BCUT2D eigenvalue weighted by atomic mass is 10.2. The predicted molar refractivity (Wildman–Crippen MR) is 80.5 cm³/mol. The minimum atomic E-state index is -0.323. The first-order valence-electron chi connectivity index (χ1n) is 5.98. The average Bonchev–Trinajstić information content (AvgIpc) is 2.50. The summed E-state index contributed by atoms with van der Waals surface area (Å²) in [5.74, 6) is 0.374. The number of benzene rings is 1. The fourth-order valence-corrected chi connectivity index (χ4v) is 2.00. The highest BCUT2D eigenvalue weighted by Gasteiger charge is 2.07. The fourth-order valence-electron chi connectivity index (χ4n) is 1.57. The zero-order chi connectivity index (χ0) is 15.4. The predicted octanol–water partition coefficient (Wildman–Crippen LogP) is 1.27. The van der Waals surface area contributed by atoms with E-state index in [-0.39, 0.29) is 17.0 Å². The molecule has 0 atom stereocenters. The van der Waals surface area contributed by atoms with E-state index >= 15 is 0 Å². The lowest BCUT2D eigenvalue weighted by molar-refractivity contribution is 0.373. The molecule has 21 heavy (non-hydrogen) atoms. The Morgan fingerprint density at radius 2 is 2.19 bits per heavy atom. The maximum Gasteiger partial charge on any atom is 0.296 e. The number of aromatic nitrogens is 3. The first-order valence-corrected chi connectivity index (χ1v) is 7.21. The third-order valence-electron chi connectivity index (χ3n) is 2.68. The molecule has 1 heterocycles. The number of aryl methyl sites for hydroxylation is 1. The van der Waals surface area contributed by atoms with E-state index in [9.17, 15) is 9.90 Å². The van der Waals surface area contributed by atoms with Crippen molar-refractivity contribution in [2.24, 2.45) is 5.10 Å². The summed E-state index contributed by atoms with van der Waals surface area (Å²) >= 11 is 1.27. The van der Waals surface area contributed by atoms with Crippen LogP contribution >= 0.6 is 11.8 Å². The van der Waals surface area contributed by atoms with Crippen molar-refractivity contribution in [2.75, 3.05) is 13.4 Å². The summed E-state index contributed by atoms with van der Waals surface area (Å²) in [6.07, 6.45) is 3.28. The van der Waals surface area contributed by atoms with Gasteiger partial charge in [0.1, 0.15) is 5.69 Å². The molecule has 0 saturated carbocycles. The molecule has 110 valence electrons. The van der Waals surface area contributed by atoms with Gasteiger partial charge in [-0.15, -0.1) is 10.2 Å². The Kier molecular flexibility index (Phi) is 4.59. The molecule has 0 spiro atoms. The van der Waals surface area contributed by atoms with Crippen LogP contribution in [0.2, 0.25) is 0 Å². The Bertz CT molecular complexity index is 743. The summed E-state index contributed by atoms with van der Waals surface area (Å²) in [6, 6.07) is 4.77. The van der Waals surface area contributed by atoms with Gasteiger partial charge in [0.15, 0.2) is 11.5 Å². The molecule has 0 radical (unpaired) electrons. The van der Waals surface area contributed by atoms with Gasteiger partial charge in [-0.2, -0.15) is 9.78 Å². The monoisotopic (exact) mass is 306 g/mol. The van der Waals surface area contributed by atoms with Gasteiger partial charge in [0.05, 0.1) is 13.3 Å². The molecule has 0 unspecified atom stereocenters. The Labute approximate surface area is 125 Å². The Hall–Kier alpha value is -2.35. The van der Waals surface area contributed by atoms with Gasteiger partial charge in [-0.1, -0.05) is 11.8 Å². The van der Waals surface area contributed by atoms with Crippen molar-refractivity contribution < 1.29 is 9.84 Å². The lowest BCUT2D eigenvalue weighted by Gasteiger charge is -2.05. The van der Waals surface area contributed by atoms with Crippen LogP contribution in [0.25, 0.3) is 0 Å². The van der Waals surface area contributed by atoms with Crippen LogP contribution in [0.4, 0.5) is 0 Å². The van der Waals surface area contributed by atoms with Crippen molar-refractivity contribution >= 4 is 18.0 Å². The maximum absolute atomic E-state index is 12.0. The molecule has 0 amide bonds. The summed E-state index contributed by atoms with van der Waals surface area (Å²) in [4.78, 5) is 12.0. The number of phenolic OH excluding ortho intramolecular Hbond substituents is 1. The smallest absolute Gasteiger partial charge is 0.296 e. The second kappa shape index (κ2) is 6.40. The van der Waals surface area contributed by atoms with Crippen LogP contribution in [-0.4, -0.2) is 39.6 Å². The number of hydrogen-bond donors (Lipinski definition) is 1. The molecule has 1 aromatic carbocycles. The normalized spacial score (nSPS) is 11.0. The highest BCUT2D eigenvalue weighted by Crippen LogP contribution is 2.25. The van der Waals surface area contributed by atoms with E-state index in [1.54, 1.807) is 25.3 Å². The molecule has 1 N–H and O–H groups in total. The van der Waals surface area contributed by atoms with E-state index < -0.39 is 0 Å². The summed E-state index contributed by atoms with van der Waals surface area (Å²) in [5, 5.41) is 21.8. The van der Waals surface area contributed by atoms with Gasteiger partial charge < -0.3 is 9.84 Å². The highest BCUT2D eigenvalue weighted by molar-refractivity contribution is 7.98. The van der Waals surface area contributed by atoms with E-state index in [0.717, 1.165) is 0 Å². The van der Waals surface area contributed by atoms with E-state index in [1.807, 2.05) is 0 Å². The molecule has 2 aromatic rings. The zero-order valence-corrected chi connectivity index (χ0v) is 12.6. The average molecular weight is 306 g/mol. The summed E-state index contributed by atoms with van der Waals surface area (Å²) < 4.78 is 6.21. The van der Waals surface area contributed by atoms with Crippen LogP contribution in [0.1, 0.15) is 11.3 Å². The SMILES string of the molecule is COc1cc(/C=N\n2c(SC)nnc(C)c2=O)ccc1O. The topological polar surface area (TPSA) is 89.6 Å². The molecule has 0 saturated heterocycles. The van der Waals surface area contributed by atoms with Crippen molar-refractivity contribution in [1.29, 1.82) is 0 Å². The van der Waals surface area contributed by atoms with Crippen LogP contribution in [0, 0.1) is 6.92 Å². The lowest BCUT2D eigenvalue weighted by Crippen LogP contribution is -2.23. The number of rotatable bonds is 4. The first-order chi connectivity index (χ1) is 10.1. The standard InChI is InChI=1S/C13H14N4O3S/c1-8-12(19)17(13(21-3)16-15-8)14-7-9-4-5-10(18)11(6-9)20-2/h4-7,18H,1-3H3/b14-7-. The van der Waals surface area contributed by atoms with Gasteiger partial charge in [0, 0.05) is 0 Å². The first kappa shape index (κ1) is 15.0. The van der Waals surface area contributed by atoms with Crippen molar-refractivity contribution in [3.8, 4) is 11.5 Å². The van der Waals surface area contributed by atoms with E-state index in [2.05, 4.69) is 15.3 Å². The second-order valence-corrected chi connectivity index (χ2v) is 4.84. The minimum Gasteiger partial charge on any atom is -0.504 e. The van der Waals surface area contributed by atoms with Crippen LogP contribution in [0.15, 0.2) is 33.3 Å². The molecule has 0 aliphatic carbocycles. The van der Waals surface area contributed by atoms with Crippen LogP contribution in [-0.2, 0) is 0 Å². The summed E-state index contributed by atoms with van der Waals surface area (Å²) in [6.45, 7) is 1.58. The summed E-state index contributed by atoms with van der Waals surface area (Å²) in [7, 11) is 1.46. The molecule has 1 aromatic heterocycles. The number of nitrogens with zero attached hydrogens (tertiary/aromatic N) is 4. The molecule has 0 aliphatic heterocycles. The number of hydrogen-bond acceptors (Lipinski definition) is 7. The van der Waals surface area contributed by atoms with E-state index in [4.69, 9.17) is 4.74 Å². The third-order valence-corrected chi connectivity index (χ3v) is 3.30. The highest BCUT2D eigenvalue weighted by atomic mass is 32.2. The number of thioether (sulfide) groups is 1. The Morgan fingerprint density at radius 3 is 2.86 bits per heavy atom. The molecule has 8 heteroatoms. The summed E-state index contributed by atoms with van der Waals surface area (Å²) in [5.41, 5.74) is 0.627. The van der Waals surface area contributed by atoms with Crippen LogP contribution in [0.3, 0.4) is 0 Å². The zero-order valence-electron chi connectivity index (χ0n) is 11.8. The third kappa shape index (κ3) is 3.22. The number of methoxy groups -OCH3 is 1. The van der Waals surface area contributed by atoms with E-state index in [0.29, 0.717) is 16.5 Å². The molecule has 2 rings (SSSR count). The van der Waals surface area contributed by atoms with Gasteiger partial charge in [0.2, 0.25) is 5.16 Å².